The van der Waals surface area contributed by atoms with Gasteiger partial charge in [-0.15, -0.1) is 0 Å². The van der Waals surface area contributed by atoms with Crippen LogP contribution in [0.4, 0.5) is 4.39 Å². The highest BCUT2D eigenvalue weighted by molar-refractivity contribution is 7.90. The lowest BCUT2D eigenvalue weighted by Crippen LogP contribution is -2.48. The number of primary sulfonamides is 1. The molecule has 0 amide bonds. The number of alkyl halides is 1. The van der Waals surface area contributed by atoms with Gasteiger partial charge in [-0.3, -0.25) is 9.59 Å². The van der Waals surface area contributed by atoms with E-state index in [0.29, 0.717) is 18.4 Å². The van der Waals surface area contributed by atoms with Crippen molar-refractivity contribution in [2.45, 2.75) is 74.8 Å². The molecule has 0 aromatic heterocycles. The van der Waals surface area contributed by atoms with E-state index in [-0.39, 0.29) is 24.5 Å². The number of sulfonamides is 1. The third kappa shape index (κ3) is 4.32. The zero-order valence-corrected chi connectivity index (χ0v) is 16.3. The fourth-order valence-corrected chi connectivity index (χ4v) is 5.72. The van der Waals surface area contributed by atoms with E-state index in [1.807, 2.05) is 0 Å². The van der Waals surface area contributed by atoms with Crippen LogP contribution in [0.25, 0.3) is 0 Å². The maximum absolute atomic E-state index is 14.8. The highest BCUT2D eigenvalue weighted by Gasteiger charge is 2.48. The van der Waals surface area contributed by atoms with E-state index >= 15 is 0 Å². The largest absolute Gasteiger partial charge is 0.458 e. The van der Waals surface area contributed by atoms with E-state index in [4.69, 9.17) is 9.88 Å². The number of carbonyl (C=O) groups excluding carboxylic acids is 2. The number of rotatable bonds is 5. The molecule has 0 bridgehead atoms. The van der Waals surface area contributed by atoms with Crippen molar-refractivity contribution in [2.24, 2.45) is 11.1 Å². The molecule has 2 aliphatic carbocycles. The van der Waals surface area contributed by atoms with Gasteiger partial charge in [0.15, 0.2) is 0 Å². The fourth-order valence-electron chi connectivity index (χ4n) is 4.71. The smallest absolute Gasteiger partial charge is 0.313 e. The molecule has 0 aromatic rings. The number of ether oxygens (including phenoxy) is 1. The first-order valence-electron chi connectivity index (χ1n) is 9.36. The van der Waals surface area contributed by atoms with Crippen molar-refractivity contribution < 1.29 is 27.1 Å². The summed E-state index contributed by atoms with van der Waals surface area (Å²) >= 11 is 0. The Morgan fingerprint density at radius 1 is 1.30 bits per heavy atom. The predicted molar refractivity (Wildman–Crippen MR) is 97.9 cm³/mol. The summed E-state index contributed by atoms with van der Waals surface area (Å²) in [5.41, 5.74) is -2.33. The molecule has 3 aliphatic rings. The van der Waals surface area contributed by atoms with Crippen LogP contribution in [0.1, 0.15) is 58.3 Å². The quantitative estimate of drug-likeness (QED) is 0.565. The number of Topliss-reactive ketones (excluding diaryl/α,β-unsaturated/α-hetero) is 1. The minimum absolute atomic E-state index is 0.115. The van der Waals surface area contributed by atoms with Crippen molar-refractivity contribution in [3.63, 3.8) is 0 Å². The maximum atomic E-state index is 14.8. The molecule has 150 valence electrons. The van der Waals surface area contributed by atoms with Gasteiger partial charge in [-0.2, -0.15) is 0 Å². The molecule has 0 radical (unpaired) electrons. The van der Waals surface area contributed by atoms with Gasteiger partial charge in [0.25, 0.3) is 0 Å². The van der Waals surface area contributed by atoms with Crippen molar-refractivity contribution in [1.29, 1.82) is 0 Å². The summed E-state index contributed by atoms with van der Waals surface area (Å²) < 4.78 is 43.7. The van der Waals surface area contributed by atoms with E-state index < -0.39 is 32.5 Å². The maximum Gasteiger partial charge on any atom is 0.313 e. The molecule has 3 unspecified atom stereocenters. The van der Waals surface area contributed by atoms with Gasteiger partial charge in [-0.25, -0.2) is 17.9 Å². The Morgan fingerprint density at radius 2 is 1.96 bits per heavy atom. The lowest BCUT2D eigenvalue weighted by atomic mass is 9.75. The topological polar surface area (TPSA) is 104 Å². The Bertz CT molecular complexity index is 777. The van der Waals surface area contributed by atoms with Crippen molar-refractivity contribution in [2.75, 3.05) is 0 Å². The molecule has 0 aromatic carbocycles. The monoisotopic (exact) mass is 399 g/mol. The molecule has 1 saturated heterocycles. The zero-order valence-electron chi connectivity index (χ0n) is 15.4. The fraction of sp³-hybridized carbons (Fsp3) is 0.684. The lowest BCUT2D eigenvalue weighted by Gasteiger charge is -2.41. The Balaban J connectivity index is 1.78. The number of esters is 1. The van der Waals surface area contributed by atoms with Crippen LogP contribution >= 0.6 is 0 Å². The van der Waals surface area contributed by atoms with Crippen LogP contribution in [0, 0.1) is 5.92 Å². The standard InChI is InChI=1S/C19H26FNO5S/c1-18(20)11-13(6-7-16(18)27(21,24)25)8-9-19(14-4-2-3-5-14)12-15(22)10-17(23)26-19/h6-7,11,14,16H,2-5,8-10,12H2,1H3,(H2,21,24,25). The first-order chi connectivity index (χ1) is 12.5. The van der Waals surface area contributed by atoms with Crippen LogP contribution in [-0.2, 0) is 24.3 Å². The molecular formula is C19H26FNO5S. The molecule has 3 rings (SSSR count). The Morgan fingerprint density at radius 3 is 2.52 bits per heavy atom. The van der Waals surface area contributed by atoms with E-state index in [9.17, 15) is 22.4 Å². The third-order valence-corrected chi connectivity index (χ3v) is 7.28. The van der Waals surface area contributed by atoms with E-state index in [0.717, 1.165) is 25.7 Å². The van der Waals surface area contributed by atoms with Crippen LogP contribution in [0.3, 0.4) is 0 Å². The number of hydrogen-bond acceptors (Lipinski definition) is 5. The van der Waals surface area contributed by atoms with Crippen molar-refractivity contribution in [3.8, 4) is 0 Å². The number of halogens is 1. The van der Waals surface area contributed by atoms with Gasteiger partial charge in [0.2, 0.25) is 10.0 Å². The molecule has 27 heavy (non-hydrogen) atoms. The van der Waals surface area contributed by atoms with E-state index in [2.05, 4.69) is 0 Å². The molecule has 2 N–H and O–H groups in total. The number of allylic oxidation sites excluding steroid dienone is 3. The summed E-state index contributed by atoms with van der Waals surface area (Å²) in [6.45, 7) is 1.18. The summed E-state index contributed by atoms with van der Waals surface area (Å²) in [5.74, 6) is -0.473. The number of nitrogens with two attached hydrogens (primary N) is 1. The normalized spacial score (nSPS) is 35.2. The number of hydrogen-bond donors (Lipinski definition) is 1. The van der Waals surface area contributed by atoms with Crippen LogP contribution < -0.4 is 5.14 Å². The Hall–Kier alpha value is -1.54. The molecular weight excluding hydrogens is 373 g/mol. The van der Waals surface area contributed by atoms with Crippen molar-refractivity contribution in [1.82, 2.24) is 0 Å². The van der Waals surface area contributed by atoms with Crippen LogP contribution in [0.5, 0.6) is 0 Å². The second-order valence-corrected chi connectivity index (χ2v) is 9.84. The van der Waals surface area contributed by atoms with Gasteiger partial charge >= 0.3 is 5.97 Å². The second-order valence-electron chi connectivity index (χ2n) is 8.15. The minimum Gasteiger partial charge on any atom is -0.458 e. The summed E-state index contributed by atoms with van der Waals surface area (Å²) in [6.07, 6.45) is 8.83. The Kier molecular flexibility index (Phi) is 5.33. The summed E-state index contributed by atoms with van der Waals surface area (Å²) in [5, 5.41) is 3.69. The van der Waals surface area contributed by atoms with Gasteiger partial charge in [0, 0.05) is 6.42 Å². The van der Waals surface area contributed by atoms with Crippen LogP contribution in [-0.4, -0.2) is 36.7 Å². The average Bonchev–Trinajstić information content (AvgIpc) is 3.05. The molecule has 1 heterocycles. The summed E-state index contributed by atoms with van der Waals surface area (Å²) in [7, 11) is -4.05. The molecule has 6 nitrogen and oxygen atoms in total. The number of ketones is 1. The van der Waals surface area contributed by atoms with Crippen molar-refractivity contribution in [3.05, 3.63) is 23.8 Å². The molecule has 3 atom stereocenters. The Labute approximate surface area is 159 Å². The molecule has 2 fully saturated rings. The molecule has 1 aliphatic heterocycles. The second kappa shape index (κ2) is 7.13. The van der Waals surface area contributed by atoms with E-state index in [1.165, 1.54) is 19.1 Å². The zero-order chi connectivity index (χ0) is 19.9. The van der Waals surface area contributed by atoms with E-state index in [1.54, 1.807) is 6.08 Å². The number of cyclic esters (lactones) is 1. The first kappa shape index (κ1) is 20.2. The first-order valence-corrected chi connectivity index (χ1v) is 11.0. The summed E-state index contributed by atoms with van der Waals surface area (Å²) in [6, 6.07) is 0. The van der Waals surface area contributed by atoms with Crippen LogP contribution in [0.15, 0.2) is 23.8 Å². The van der Waals surface area contributed by atoms with Gasteiger partial charge < -0.3 is 4.74 Å². The highest BCUT2D eigenvalue weighted by Crippen LogP contribution is 2.45. The van der Waals surface area contributed by atoms with Gasteiger partial charge in [-0.1, -0.05) is 25.0 Å². The van der Waals surface area contributed by atoms with Gasteiger partial charge in [-0.05, 0) is 50.2 Å². The highest BCUT2D eigenvalue weighted by atomic mass is 32.2. The molecule has 1 saturated carbocycles. The average molecular weight is 399 g/mol. The number of carbonyl (C=O) groups is 2. The third-order valence-electron chi connectivity index (χ3n) is 5.95. The van der Waals surface area contributed by atoms with Gasteiger partial charge in [0.05, 0.1) is 0 Å². The lowest BCUT2D eigenvalue weighted by molar-refractivity contribution is -0.178. The van der Waals surface area contributed by atoms with Crippen molar-refractivity contribution >= 4 is 21.8 Å². The van der Waals surface area contributed by atoms with Crippen LogP contribution in [0.2, 0.25) is 0 Å². The van der Waals surface area contributed by atoms with Gasteiger partial charge in [0.1, 0.15) is 28.7 Å². The predicted octanol–water partition coefficient (Wildman–Crippen LogP) is 2.48. The molecule has 8 heteroatoms. The molecule has 0 spiro atoms. The SMILES string of the molecule is CC1(F)C=C(CCC2(C3CCCC3)CC(=O)CC(=O)O2)C=CC1S(N)(=O)=O. The summed E-state index contributed by atoms with van der Waals surface area (Å²) in [4.78, 5) is 24.0. The minimum atomic E-state index is -4.05.